The quantitative estimate of drug-likeness (QED) is 0.757. The Morgan fingerprint density at radius 3 is 2.75 bits per heavy atom. The van der Waals surface area contributed by atoms with E-state index in [9.17, 15) is 9.59 Å². The summed E-state index contributed by atoms with van der Waals surface area (Å²) in [6.07, 6.45) is 1.91. The van der Waals surface area contributed by atoms with Gasteiger partial charge < -0.3 is 16.0 Å². The van der Waals surface area contributed by atoms with Gasteiger partial charge in [0.1, 0.15) is 0 Å². The van der Waals surface area contributed by atoms with Gasteiger partial charge in [-0.1, -0.05) is 23.7 Å². The first-order chi connectivity index (χ1) is 9.49. The molecule has 0 saturated carbocycles. The lowest BCUT2D eigenvalue weighted by Crippen LogP contribution is -2.30. The Morgan fingerprint density at radius 1 is 1.35 bits per heavy atom. The summed E-state index contributed by atoms with van der Waals surface area (Å²) in [6, 6.07) is 6.92. The fraction of sp³-hybridized carbons (Fsp3) is 0.429. The van der Waals surface area contributed by atoms with E-state index >= 15 is 0 Å². The van der Waals surface area contributed by atoms with Crippen molar-refractivity contribution in [1.82, 2.24) is 10.2 Å². The van der Waals surface area contributed by atoms with Crippen LogP contribution in [-0.2, 0) is 11.3 Å². The van der Waals surface area contributed by atoms with Crippen LogP contribution < -0.4 is 11.1 Å². The molecular weight excluding hydrogens is 278 g/mol. The molecular formula is C14H20ClN3O2. The van der Waals surface area contributed by atoms with Gasteiger partial charge in [-0.15, -0.1) is 0 Å². The van der Waals surface area contributed by atoms with Crippen LogP contribution in [0.5, 0.6) is 0 Å². The molecule has 1 aromatic carbocycles. The predicted octanol–water partition coefficient (Wildman–Crippen LogP) is 2.14. The lowest BCUT2D eigenvalue weighted by molar-refractivity contribution is -0.130. The number of nitrogens with zero attached hydrogens (tertiary/aromatic N) is 1. The fourth-order valence-corrected chi connectivity index (χ4v) is 2.01. The van der Waals surface area contributed by atoms with Crippen molar-refractivity contribution in [1.29, 1.82) is 0 Å². The first-order valence-corrected chi connectivity index (χ1v) is 6.88. The van der Waals surface area contributed by atoms with Gasteiger partial charge in [-0.3, -0.25) is 4.79 Å². The second-order valence-corrected chi connectivity index (χ2v) is 5.06. The van der Waals surface area contributed by atoms with E-state index in [0.29, 0.717) is 24.5 Å². The monoisotopic (exact) mass is 297 g/mol. The van der Waals surface area contributed by atoms with Gasteiger partial charge in [0.15, 0.2) is 0 Å². The van der Waals surface area contributed by atoms with E-state index in [1.807, 2.05) is 18.2 Å². The van der Waals surface area contributed by atoms with Gasteiger partial charge in [0, 0.05) is 31.6 Å². The van der Waals surface area contributed by atoms with Crippen LogP contribution >= 0.6 is 11.6 Å². The molecule has 0 radical (unpaired) electrons. The average Bonchev–Trinajstić information content (AvgIpc) is 2.37. The zero-order valence-corrected chi connectivity index (χ0v) is 12.3. The van der Waals surface area contributed by atoms with E-state index in [1.54, 1.807) is 18.0 Å². The first kappa shape index (κ1) is 16.3. The molecule has 0 aliphatic rings. The van der Waals surface area contributed by atoms with Crippen molar-refractivity contribution < 1.29 is 9.59 Å². The van der Waals surface area contributed by atoms with Crippen LogP contribution in [0.1, 0.15) is 24.8 Å². The van der Waals surface area contributed by atoms with Crippen LogP contribution in [0.3, 0.4) is 0 Å². The van der Waals surface area contributed by atoms with Gasteiger partial charge in [-0.05, 0) is 30.5 Å². The lowest BCUT2D eigenvalue weighted by atomic mass is 10.2. The fourth-order valence-electron chi connectivity index (χ4n) is 1.80. The summed E-state index contributed by atoms with van der Waals surface area (Å²) in [7, 11) is 1.77. The Labute approximate surface area is 124 Å². The minimum Gasteiger partial charge on any atom is -0.352 e. The highest BCUT2D eigenvalue weighted by Crippen LogP contribution is 2.12. The molecule has 5 nitrogen and oxygen atoms in total. The van der Waals surface area contributed by atoms with Crippen molar-refractivity contribution in [3.8, 4) is 0 Å². The molecule has 0 saturated heterocycles. The van der Waals surface area contributed by atoms with E-state index in [-0.39, 0.29) is 5.91 Å². The summed E-state index contributed by atoms with van der Waals surface area (Å²) < 4.78 is 0. The second kappa shape index (κ2) is 8.43. The van der Waals surface area contributed by atoms with E-state index < -0.39 is 6.03 Å². The Morgan fingerprint density at radius 2 is 2.10 bits per heavy atom. The Kier molecular flexibility index (Phi) is 6.87. The van der Waals surface area contributed by atoms with Crippen molar-refractivity contribution in [3.05, 3.63) is 34.9 Å². The molecule has 0 atom stereocenters. The van der Waals surface area contributed by atoms with Crippen LogP contribution in [0.2, 0.25) is 5.02 Å². The molecule has 6 heteroatoms. The molecule has 0 unspecified atom stereocenters. The maximum Gasteiger partial charge on any atom is 0.312 e. The van der Waals surface area contributed by atoms with E-state index in [1.165, 1.54) is 0 Å². The molecule has 110 valence electrons. The van der Waals surface area contributed by atoms with Crippen LogP contribution in [-0.4, -0.2) is 30.4 Å². The molecule has 3 amide bonds. The number of hydrogen-bond donors (Lipinski definition) is 2. The molecule has 0 aliphatic carbocycles. The van der Waals surface area contributed by atoms with Crippen molar-refractivity contribution >= 4 is 23.5 Å². The SMILES string of the molecule is CN(Cc1cccc(Cl)c1)C(=O)CCCCNC(N)=O. The Balaban J connectivity index is 2.27. The lowest BCUT2D eigenvalue weighted by Gasteiger charge is -2.17. The van der Waals surface area contributed by atoms with Gasteiger partial charge in [-0.25, -0.2) is 4.79 Å². The summed E-state index contributed by atoms with van der Waals surface area (Å²) in [5.74, 6) is 0.0732. The molecule has 1 rings (SSSR count). The second-order valence-electron chi connectivity index (χ2n) is 4.63. The molecule has 1 aromatic rings. The van der Waals surface area contributed by atoms with Gasteiger partial charge >= 0.3 is 6.03 Å². The largest absolute Gasteiger partial charge is 0.352 e. The number of halogens is 1. The first-order valence-electron chi connectivity index (χ1n) is 6.50. The third kappa shape index (κ3) is 6.43. The number of urea groups is 1. The summed E-state index contributed by atoms with van der Waals surface area (Å²) in [6.45, 7) is 1.04. The van der Waals surface area contributed by atoms with Crippen molar-refractivity contribution in [2.24, 2.45) is 5.73 Å². The third-order valence-corrected chi connectivity index (χ3v) is 3.09. The molecule has 0 aromatic heterocycles. The Bertz CT molecular complexity index is 465. The van der Waals surface area contributed by atoms with E-state index in [0.717, 1.165) is 18.4 Å². The minimum atomic E-state index is -0.533. The van der Waals surface area contributed by atoms with Gasteiger partial charge in [0.2, 0.25) is 5.91 Å². The van der Waals surface area contributed by atoms with Crippen LogP contribution in [0.4, 0.5) is 4.79 Å². The average molecular weight is 298 g/mol. The van der Waals surface area contributed by atoms with Crippen LogP contribution in [0.25, 0.3) is 0 Å². The van der Waals surface area contributed by atoms with Crippen LogP contribution in [0.15, 0.2) is 24.3 Å². The van der Waals surface area contributed by atoms with E-state index in [4.69, 9.17) is 17.3 Å². The maximum absolute atomic E-state index is 11.9. The predicted molar refractivity (Wildman–Crippen MR) is 79.4 cm³/mol. The number of nitrogens with one attached hydrogen (secondary N) is 1. The van der Waals surface area contributed by atoms with E-state index in [2.05, 4.69) is 5.32 Å². The van der Waals surface area contributed by atoms with Crippen molar-refractivity contribution in [2.75, 3.05) is 13.6 Å². The molecule has 0 heterocycles. The topological polar surface area (TPSA) is 75.4 Å². The number of carbonyl (C=O) groups excluding carboxylic acids is 2. The number of carbonyl (C=O) groups is 2. The molecule has 0 spiro atoms. The minimum absolute atomic E-state index is 0.0732. The molecule has 0 bridgehead atoms. The smallest absolute Gasteiger partial charge is 0.312 e. The Hall–Kier alpha value is -1.75. The number of hydrogen-bond acceptors (Lipinski definition) is 2. The number of benzene rings is 1. The van der Waals surface area contributed by atoms with Gasteiger partial charge in [-0.2, -0.15) is 0 Å². The highest BCUT2D eigenvalue weighted by molar-refractivity contribution is 6.30. The zero-order chi connectivity index (χ0) is 15.0. The summed E-state index contributed by atoms with van der Waals surface area (Å²) in [5, 5.41) is 3.16. The molecule has 3 N–H and O–H groups in total. The summed E-state index contributed by atoms with van der Waals surface area (Å²) in [4.78, 5) is 24.0. The zero-order valence-electron chi connectivity index (χ0n) is 11.6. The van der Waals surface area contributed by atoms with Crippen molar-refractivity contribution in [2.45, 2.75) is 25.8 Å². The third-order valence-electron chi connectivity index (χ3n) is 2.85. The highest BCUT2D eigenvalue weighted by Gasteiger charge is 2.09. The molecule has 20 heavy (non-hydrogen) atoms. The van der Waals surface area contributed by atoms with Crippen LogP contribution in [0, 0.1) is 0 Å². The highest BCUT2D eigenvalue weighted by atomic mass is 35.5. The number of unbranched alkanes of at least 4 members (excludes halogenated alkanes) is 1. The number of rotatable bonds is 7. The molecule has 0 fully saturated rings. The van der Waals surface area contributed by atoms with Crippen molar-refractivity contribution in [3.63, 3.8) is 0 Å². The normalized spacial score (nSPS) is 10.1. The van der Waals surface area contributed by atoms with Gasteiger partial charge in [0.25, 0.3) is 0 Å². The summed E-state index contributed by atoms with van der Waals surface area (Å²) >= 11 is 5.90. The maximum atomic E-state index is 11.9. The molecule has 0 aliphatic heterocycles. The number of nitrogens with two attached hydrogens (primary N) is 1. The summed E-state index contributed by atoms with van der Waals surface area (Å²) in [5.41, 5.74) is 5.95. The number of amides is 3. The number of primary amides is 1. The standard InChI is InChI=1S/C14H20ClN3O2/c1-18(10-11-5-4-6-12(15)9-11)13(19)7-2-3-8-17-14(16)20/h4-6,9H,2-3,7-8,10H2,1H3,(H3,16,17,20). The van der Waals surface area contributed by atoms with Gasteiger partial charge in [0.05, 0.1) is 0 Å².